The van der Waals surface area contributed by atoms with E-state index < -0.39 is 17.3 Å². The minimum atomic E-state index is -1.28. The third-order valence-corrected chi connectivity index (χ3v) is 6.86. The maximum Gasteiger partial charge on any atom is 0.321 e. The predicted molar refractivity (Wildman–Crippen MR) is 140 cm³/mol. The number of likely N-dealkylation sites (tertiary alicyclic amines) is 1. The summed E-state index contributed by atoms with van der Waals surface area (Å²) in [6, 6.07) is 15.6. The Hall–Kier alpha value is -3.94. The Kier molecular flexibility index (Phi) is 7.76. The number of rotatable bonds is 7. The fourth-order valence-electron chi connectivity index (χ4n) is 4.44. The van der Waals surface area contributed by atoms with Crippen molar-refractivity contribution in [2.24, 2.45) is 5.41 Å². The van der Waals surface area contributed by atoms with Gasteiger partial charge in [0.2, 0.25) is 5.91 Å². The van der Waals surface area contributed by atoms with E-state index in [1.807, 2.05) is 29.2 Å². The molecule has 1 saturated heterocycles. The number of esters is 1. The molecule has 194 valence electrons. The van der Waals surface area contributed by atoms with Gasteiger partial charge in [-0.3, -0.25) is 14.4 Å². The van der Waals surface area contributed by atoms with Crippen molar-refractivity contribution in [3.05, 3.63) is 77.7 Å². The maximum absolute atomic E-state index is 13.2. The molecule has 2 amide bonds. The molecule has 3 aromatic rings. The van der Waals surface area contributed by atoms with Crippen molar-refractivity contribution in [3.63, 3.8) is 0 Å². The van der Waals surface area contributed by atoms with E-state index in [1.54, 1.807) is 45.2 Å². The average Bonchev–Trinajstić information content (AvgIpc) is 3.40. The van der Waals surface area contributed by atoms with E-state index in [1.165, 1.54) is 12.1 Å². The third kappa shape index (κ3) is 5.90. The summed E-state index contributed by atoms with van der Waals surface area (Å²) in [5.41, 5.74) is 2.66. The van der Waals surface area contributed by atoms with Crippen molar-refractivity contribution in [1.29, 1.82) is 0 Å². The SMILES string of the molecule is CCOC(=O)C(C)(C)C(=O)Nc1ccc(C2CCN(C(=O)c3c[nH]c(-c4ccc(F)cc4)c3)CC2)cc1. The molecule has 1 aromatic heterocycles. The lowest BCUT2D eigenvalue weighted by Gasteiger charge is -2.32. The van der Waals surface area contributed by atoms with Gasteiger partial charge in [-0.15, -0.1) is 0 Å². The number of halogens is 1. The number of aromatic nitrogens is 1. The number of carbonyl (C=O) groups is 3. The first-order valence-electron chi connectivity index (χ1n) is 12.5. The smallest absolute Gasteiger partial charge is 0.321 e. The maximum atomic E-state index is 13.2. The first kappa shape index (κ1) is 26.1. The van der Waals surface area contributed by atoms with Gasteiger partial charge in [0, 0.05) is 30.7 Å². The highest BCUT2D eigenvalue weighted by Crippen LogP contribution is 2.30. The number of amides is 2. The monoisotopic (exact) mass is 505 g/mol. The molecular weight excluding hydrogens is 473 g/mol. The molecule has 37 heavy (non-hydrogen) atoms. The molecule has 0 unspecified atom stereocenters. The van der Waals surface area contributed by atoms with E-state index >= 15 is 0 Å². The van der Waals surface area contributed by atoms with Crippen LogP contribution in [0.2, 0.25) is 0 Å². The summed E-state index contributed by atoms with van der Waals surface area (Å²) in [4.78, 5) is 42.7. The lowest BCUT2D eigenvalue weighted by Crippen LogP contribution is -2.39. The van der Waals surface area contributed by atoms with Gasteiger partial charge < -0.3 is 19.9 Å². The van der Waals surface area contributed by atoms with E-state index in [0.29, 0.717) is 30.3 Å². The van der Waals surface area contributed by atoms with Crippen LogP contribution in [0.5, 0.6) is 0 Å². The number of carbonyl (C=O) groups excluding carboxylic acids is 3. The molecule has 0 spiro atoms. The molecule has 8 heteroatoms. The zero-order chi connectivity index (χ0) is 26.6. The van der Waals surface area contributed by atoms with Gasteiger partial charge in [-0.2, -0.15) is 0 Å². The number of hydrogen-bond acceptors (Lipinski definition) is 4. The Morgan fingerprint density at radius 3 is 2.32 bits per heavy atom. The van der Waals surface area contributed by atoms with Gasteiger partial charge in [0.25, 0.3) is 5.91 Å². The zero-order valence-corrected chi connectivity index (χ0v) is 21.3. The molecular formula is C29H32FN3O4. The van der Waals surface area contributed by atoms with E-state index in [9.17, 15) is 18.8 Å². The number of H-pyrrole nitrogens is 1. The molecule has 7 nitrogen and oxygen atoms in total. The molecule has 0 aliphatic carbocycles. The lowest BCUT2D eigenvalue weighted by atomic mass is 9.89. The quantitative estimate of drug-likeness (QED) is 0.334. The van der Waals surface area contributed by atoms with Gasteiger partial charge in [-0.1, -0.05) is 12.1 Å². The number of benzene rings is 2. The summed E-state index contributed by atoms with van der Waals surface area (Å²) in [5, 5.41) is 2.79. The summed E-state index contributed by atoms with van der Waals surface area (Å²) < 4.78 is 18.2. The van der Waals surface area contributed by atoms with Crippen molar-refractivity contribution in [3.8, 4) is 11.3 Å². The van der Waals surface area contributed by atoms with Crippen LogP contribution in [0.25, 0.3) is 11.3 Å². The van der Waals surface area contributed by atoms with Crippen LogP contribution in [-0.2, 0) is 14.3 Å². The van der Waals surface area contributed by atoms with Crippen molar-refractivity contribution >= 4 is 23.5 Å². The molecule has 2 heterocycles. The highest BCUT2D eigenvalue weighted by Gasteiger charge is 2.37. The second-order valence-corrected chi connectivity index (χ2v) is 9.80. The molecule has 0 atom stereocenters. The molecule has 4 rings (SSSR count). The topological polar surface area (TPSA) is 91.5 Å². The second kappa shape index (κ2) is 11.0. The normalized spacial score (nSPS) is 14.3. The van der Waals surface area contributed by atoms with Crippen molar-refractivity contribution in [2.45, 2.75) is 39.5 Å². The molecule has 2 N–H and O–H groups in total. The summed E-state index contributed by atoms with van der Waals surface area (Å²) in [6.45, 7) is 6.30. The molecule has 2 aromatic carbocycles. The van der Waals surface area contributed by atoms with Crippen molar-refractivity contribution in [2.75, 3.05) is 25.0 Å². The number of nitrogens with one attached hydrogen (secondary N) is 2. The number of anilines is 1. The Morgan fingerprint density at radius 1 is 1.05 bits per heavy atom. The fourth-order valence-corrected chi connectivity index (χ4v) is 4.44. The Balaban J connectivity index is 1.32. The Morgan fingerprint density at radius 2 is 1.70 bits per heavy atom. The Labute approximate surface area is 216 Å². The first-order chi connectivity index (χ1) is 17.7. The van der Waals surface area contributed by atoms with Crippen LogP contribution < -0.4 is 5.32 Å². The number of piperidine rings is 1. The van der Waals surface area contributed by atoms with Gasteiger partial charge in [0.15, 0.2) is 0 Å². The van der Waals surface area contributed by atoms with E-state index in [4.69, 9.17) is 4.74 Å². The van der Waals surface area contributed by atoms with E-state index in [2.05, 4.69) is 10.3 Å². The third-order valence-electron chi connectivity index (χ3n) is 6.86. The Bertz CT molecular complexity index is 1260. The van der Waals surface area contributed by atoms with Crippen LogP contribution in [0.15, 0.2) is 60.8 Å². The summed E-state index contributed by atoms with van der Waals surface area (Å²) >= 11 is 0. The van der Waals surface area contributed by atoms with Gasteiger partial charge in [-0.05, 0) is 93.1 Å². The van der Waals surface area contributed by atoms with Crippen molar-refractivity contribution in [1.82, 2.24) is 9.88 Å². The van der Waals surface area contributed by atoms with Crippen LogP contribution in [0.4, 0.5) is 10.1 Å². The van der Waals surface area contributed by atoms with Crippen LogP contribution in [0.3, 0.4) is 0 Å². The van der Waals surface area contributed by atoms with Gasteiger partial charge in [-0.25, -0.2) is 4.39 Å². The van der Waals surface area contributed by atoms with E-state index in [-0.39, 0.29) is 18.3 Å². The van der Waals surface area contributed by atoms with Crippen LogP contribution >= 0.6 is 0 Å². The van der Waals surface area contributed by atoms with Crippen LogP contribution in [-0.4, -0.2) is 47.4 Å². The lowest BCUT2D eigenvalue weighted by molar-refractivity contribution is -0.157. The van der Waals surface area contributed by atoms with Gasteiger partial charge in [0.05, 0.1) is 12.2 Å². The van der Waals surface area contributed by atoms with Gasteiger partial charge in [0.1, 0.15) is 11.2 Å². The van der Waals surface area contributed by atoms with Crippen LogP contribution in [0.1, 0.15) is 55.5 Å². The fraction of sp³-hybridized carbons (Fsp3) is 0.345. The highest BCUT2D eigenvalue weighted by atomic mass is 19.1. The number of nitrogens with zero attached hydrogens (tertiary/aromatic N) is 1. The number of ether oxygens (including phenoxy) is 1. The highest BCUT2D eigenvalue weighted by molar-refractivity contribution is 6.08. The predicted octanol–water partition coefficient (Wildman–Crippen LogP) is 5.37. The number of hydrogen-bond donors (Lipinski definition) is 2. The average molecular weight is 506 g/mol. The van der Waals surface area contributed by atoms with Crippen LogP contribution in [0, 0.1) is 11.2 Å². The molecule has 1 aliphatic heterocycles. The van der Waals surface area contributed by atoms with Crippen molar-refractivity contribution < 1.29 is 23.5 Å². The molecule has 1 aliphatic rings. The molecule has 0 bridgehead atoms. The first-order valence-corrected chi connectivity index (χ1v) is 12.5. The second-order valence-electron chi connectivity index (χ2n) is 9.80. The largest absolute Gasteiger partial charge is 0.465 e. The van der Waals surface area contributed by atoms with Gasteiger partial charge >= 0.3 is 5.97 Å². The standard InChI is InChI=1S/C29H32FN3O4/c1-4-37-28(36)29(2,3)27(35)32-24-11-7-19(8-12-24)20-13-15-33(16-14-20)26(34)22-17-25(31-18-22)21-5-9-23(30)10-6-21/h5-12,17-18,20,31H,4,13-16H2,1-3H3,(H,32,35). The summed E-state index contributed by atoms with van der Waals surface area (Å²) in [5.74, 6) is -0.988. The zero-order valence-electron chi connectivity index (χ0n) is 21.3. The number of aromatic amines is 1. The minimum Gasteiger partial charge on any atom is -0.465 e. The molecule has 0 saturated carbocycles. The minimum absolute atomic E-state index is 0.0228. The van der Waals surface area contributed by atoms with E-state index in [0.717, 1.165) is 29.7 Å². The molecule has 1 fully saturated rings. The molecule has 0 radical (unpaired) electrons. The summed E-state index contributed by atoms with van der Waals surface area (Å²) in [7, 11) is 0. The summed E-state index contributed by atoms with van der Waals surface area (Å²) in [6.07, 6.45) is 3.37.